The average molecular weight is 431 g/mol. The first kappa shape index (κ1) is 22.4. The van der Waals surface area contributed by atoms with Crippen molar-refractivity contribution in [1.29, 1.82) is 0 Å². The zero-order chi connectivity index (χ0) is 22.9. The molecular weight excluding hydrogens is 406 g/mol. The maximum atomic E-state index is 13.1. The first-order valence-electron chi connectivity index (χ1n) is 10.00. The van der Waals surface area contributed by atoms with Gasteiger partial charge in [-0.15, -0.1) is 0 Å². The molecule has 3 rings (SSSR count). The predicted molar refractivity (Wildman–Crippen MR) is 124 cm³/mol. The van der Waals surface area contributed by atoms with E-state index < -0.39 is 6.04 Å². The maximum absolute atomic E-state index is 13.1. The molecule has 0 saturated heterocycles. The summed E-state index contributed by atoms with van der Waals surface area (Å²) >= 11 is 0. The van der Waals surface area contributed by atoms with Crippen LogP contribution in [0.15, 0.2) is 84.0 Å². The summed E-state index contributed by atoms with van der Waals surface area (Å²) in [5.74, 6) is -0.426. The molecule has 0 fully saturated rings. The Labute approximate surface area is 186 Å². The minimum atomic E-state index is -0.720. The highest BCUT2D eigenvalue weighted by atomic mass is 16.4. The molecular formula is C24H25N5O3. The molecule has 0 aliphatic heterocycles. The van der Waals surface area contributed by atoms with Gasteiger partial charge in [0.1, 0.15) is 6.04 Å². The van der Waals surface area contributed by atoms with Crippen LogP contribution in [-0.2, 0) is 16.1 Å². The molecule has 0 aliphatic rings. The van der Waals surface area contributed by atoms with Gasteiger partial charge in [-0.3, -0.25) is 9.59 Å². The van der Waals surface area contributed by atoms with Gasteiger partial charge >= 0.3 is 0 Å². The van der Waals surface area contributed by atoms with Crippen LogP contribution in [0.3, 0.4) is 0 Å². The van der Waals surface area contributed by atoms with E-state index in [2.05, 4.69) is 21.1 Å². The number of benzene rings is 3. The summed E-state index contributed by atoms with van der Waals surface area (Å²) in [5, 5.41) is 20.7. The minimum absolute atomic E-state index is 0.00304. The van der Waals surface area contributed by atoms with Crippen LogP contribution < -0.4 is 21.7 Å². The van der Waals surface area contributed by atoms with Crippen molar-refractivity contribution < 1.29 is 14.8 Å². The fourth-order valence-corrected chi connectivity index (χ4v) is 3.15. The van der Waals surface area contributed by atoms with Crippen molar-refractivity contribution in [2.24, 2.45) is 10.9 Å². The van der Waals surface area contributed by atoms with E-state index in [0.29, 0.717) is 29.0 Å². The Bertz CT molecular complexity index is 1100. The lowest BCUT2D eigenvalue weighted by atomic mass is 10.0. The molecule has 0 bridgehead atoms. The SMILES string of the molecule is CC(=O)Nc1cccc(C(Nc2ccc(/C(N)=N\O)cc2)C(=O)NCc2ccccc2)c1. The number of amides is 2. The summed E-state index contributed by atoms with van der Waals surface area (Å²) in [7, 11) is 0. The highest BCUT2D eigenvalue weighted by molar-refractivity contribution is 5.97. The Morgan fingerprint density at radius 2 is 1.69 bits per heavy atom. The van der Waals surface area contributed by atoms with E-state index in [1.165, 1.54) is 6.92 Å². The largest absolute Gasteiger partial charge is 0.409 e. The Morgan fingerprint density at radius 3 is 2.34 bits per heavy atom. The Morgan fingerprint density at radius 1 is 0.969 bits per heavy atom. The van der Waals surface area contributed by atoms with Crippen molar-refractivity contribution in [2.45, 2.75) is 19.5 Å². The molecule has 3 aromatic rings. The number of nitrogens with one attached hydrogen (secondary N) is 3. The van der Waals surface area contributed by atoms with Crippen LogP contribution in [0.5, 0.6) is 0 Å². The van der Waals surface area contributed by atoms with Gasteiger partial charge in [-0.25, -0.2) is 0 Å². The third-order valence-electron chi connectivity index (χ3n) is 4.71. The van der Waals surface area contributed by atoms with Crippen molar-refractivity contribution in [2.75, 3.05) is 10.6 Å². The highest BCUT2D eigenvalue weighted by Crippen LogP contribution is 2.23. The Kier molecular flexibility index (Phi) is 7.42. The smallest absolute Gasteiger partial charge is 0.247 e. The van der Waals surface area contributed by atoms with Gasteiger partial charge in [0.05, 0.1) is 0 Å². The second-order valence-electron chi connectivity index (χ2n) is 7.15. The standard InChI is InChI=1S/C24H25N5O3/c1-16(30)27-21-9-5-8-19(14-21)22(24(31)26-15-17-6-3-2-4-7-17)28-20-12-10-18(11-13-20)23(25)29-32/h2-14,22,28,32H,15H2,1H3,(H2,25,29)(H,26,31)(H,27,30). The van der Waals surface area contributed by atoms with E-state index in [1.54, 1.807) is 42.5 Å². The number of oxime groups is 1. The fourth-order valence-electron chi connectivity index (χ4n) is 3.15. The van der Waals surface area contributed by atoms with E-state index >= 15 is 0 Å². The summed E-state index contributed by atoms with van der Waals surface area (Å²) in [5.41, 5.74) is 9.10. The molecule has 32 heavy (non-hydrogen) atoms. The molecule has 0 saturated carbocycles. The van der Waals surface area contributed by atoms with E-state index in [1.807, 2.05) is 36.4 Å². The van der Waals surface area contributed by atoms with Crippen LogP contribution in [0.2, 0.25) is 0 Å². The average Bonchev–Trinajstić information content (AvgIpc) is 2.81. The van der Waals surface area contributed by atoms with Gasteiger partial charge in [-0.1, -0.05) is 47.6 Å². The Hall–Kier alpha value is -4.33. The van der Waals surface area contributed by atoms with Crippen LogP contribution >= 0.6 is 0 Å². The molecule has 1 atom stereocenters. The lowest BCUT2D eigenvalue weighted by Gasteiger charge is -2.21. The number of hydrogen-bond acceptors (Lipinski definition) is 5. The highest BCUT2D eigenvalue weighted by Gasteiger charge is 2.21. The maximum Gasteiger partial charge on any atom is 0.247 e. The van der Waals surface area contributed by atoms with Crippen molar-refractivity contribution in [3.05, 3.63) is 95.6 Å². The first-order chi connectivity index (χ1) is 15.5. The van der Waals surface area contributed by atoms with E-state index in [9.17, 15) is 9.59 Å². The number of hydrogen-bond donors (Lipinski definition) is 5. The second kappa shape index (κ2) is 10.6. The van der Waals surface area contributed by atoms with Gasteiger partial charge in [-0.05, 0) is 47.5 Å². The van der Waals surface area contributed by atoms with E-state index in [0.717, 1.165) is 5.56 Å². The quantitative estimate of drug-likeness (QED) is 0.162. The van der Waals surface area contributed by atoms with Crippen LogP contribution in [0.1, 0.15) is 29.7 Å². The summed E-state index contributed by atoms with van der Waals surface area (Å²) < 4.78 is 0. The molecule has 164 valence electrons. The summed E-state index contributed by atoms with van der Waals surface area (Å²) in [6.07, 6.45) is 0. The number of carbonyl (C=O) groups excluding carboxylic acids is 2. The number of nitrogens with two attached hydrogens (primary N) is 1. The molecule has 8 nitrogen and oxygen atoms in total. The fraction of sp³-hybridized carbons (Fsp3) is 0.125. The number of amidine groups is 1. The van der Waals surface area contributed by atoms with Gasteiger partial charge in [0, 0.05) is 30.4 Å². The second-order valence-corrected chi connectivity index (χ2v) is 7.15. The first-order valence-corrected chi connectivity index (χ1v) is 10.00. The lowest BCUT2D eigenvalue weighted by Crippen LogP contribution is -2.33. The molecule has 0 spiro atoms. The number of nitrogens with zero attached hydrogens (tertiary/aromatic N) is 1. The normalized spacial score (nSPS) is 12.0. The Balaban J connectivity index is 1.85. The van der Waals surface area contributed by atoms with Crippen LogP contribution in [0.4, 0.5) is 11.4 Å². The molecule has 1 unspecified atom stereocenters. The molecule has 2 amide bonds. The minimum Gasteiger partial charge on any atom is -0.409 e. The molecule has 0 heterocycles. The topological polar surface area (TPSA) is 129 Å². The molecule has 3 aromatic carbocycles. The van der Waals surface area contributed by atoms with Gasteiger partial charge in [0.15, 0.2) is 5.84 Å². The van der Waals surface area contributed by atoms with Crippen LogP contribution in [0.25, 0.3) is 0 Å². The van der Waals surface area contributed by atoms with Gasteiger partial charge < -0.3 is 26.9 Å². The summed E-state index contributed by atoms with van der Waals surface area (Å²) in [6.45, 7) is 1.81. The third kappa shape index (κ3) is 6.09. The van der Waals surface area contributed by atoms with Gasteiger partial charge in [0.25, 0.3) is 0 Å². The molecule has 0 aliphatic carbocycles. The van der Waals surface area contributed by atoms with Crippen molar-refractivity contribution in [3.63, 3.8) is 0 Å². The van der Waals surface area contributed by atoms with Crippen molar-refractivity contribution >= 4 is 29.0 Å². The van der Waals surface area contributed by atoms with E-state index in [-0.39, 0.29) is 17.6 Å². The zero-order valence-corrected chi connectivity index (χ0v) is 17.6. The van der Waals surface area contributed by atoms with Crippen LogP contribution in [0, 0.1) is 0 Å². The van der Waals surface area contributed by atoms with Crippen molar-refractivity contribution in [3.8, 4) is 0 Å². The summed E-state index contributed by atoms with van der Waals surface area (Å²) in [6, 6.07) is 22.9. The van der Waals surface area contributed by atoms with Gasteiger partial charge in [0.2, 0.25) is 11.8 Å². The lowest BCUT2D eigenvalue weighted by molar-refractivity contribution is -0.122. The molecule has 0 radical (unpaired) electrons. The van der Waals surface area contributed by atoms with E-state index in [4.69, 9.17) is 10.9 Å². The number of anilines is 2. The van der Waals surface area contributed by atoms with Crippen molar-refractivity contribution in [1.82, 2.24) is 5.32 Å². The van der Waals surface area contributed by atoms with Gasteiger partial charge in [-0.2, -0.15) is 0 Å². The monoisotopic (exact) mass is 431 g/mol. The number of rotatable bonds is 8. The summed E-state index contributed by atoms with van der Waals surface area (Å²) in [4.78, 5) is 24.6. The van der Waals surface area contributed by atoms with Crippen LogP contribution in [-0.4, -0.2) is 22.9 Å². The third-order valence-corrected chi connectivity index (χ3v) is 4.71. The molecule has 0 aromatic heterocycles. The molecule has 8 heteroatoms. The number of carbonyl (C=O) groups is 2. The molecule has 6 N–H and O–H groups in total. The zero-order valence-electron chi connectivity index (χ0n) is 17.6. The predicted octanol–water partition coefficient (Wildman–Crippen LogP) is 3.21.